The monoisotopic (exact) mass is 919 g/mol. The molecule has 8 heteroatoms. The number of aliphatic carboxylic acids is 1. The summed E-state index contributed by atoms with van der Waals surface area (Å²) in [5.74, 6) is -1.56. The average molecular weight is 919 g/mol. The van der Waals surface area contributed by atoms with Crippen molar-refractivity contribution in [2.75, 3.05) is 41.0 Å². The van der Waals surface area contributed by atoms with Gasteiger partial charge in [-0.05, 0) is 89.9 Å². The first kappa shape index (κ1) is 62.0. The van der Waals surface area contributed by atoms with Gasteiger partial charge in [-0.15, -0.1) is 0 Å². The number of unbranched alkanes of at least 4 members (excludes halogenated alkanes) is 14. The Labute approximate surface area is 404 Å². The van der Waals surface area contributed by atoms with Crippen molar-refractivity contribution in [1.82, 2.24) is 0 Å². The van der Waals surface area contributed by atoms with Gasteiger partial charge in [0.1, 0.15) is 6.61 Å². The van der Waals surface area contributed by atoms with Crippen molar-refractivity contribution in [2.24, 2.45) is 0 Å². The summed E-state index contributed by atoms with van der Waals surface area (Å²) in [5, 5.41) is 9.66. The molecule has 1 N–H and O–H groups in total. The smallest absolute Gasteiger partial charge is 0.362 e. The predicted octanol–water partition coefficient (Wildman–Crippen LogP) is 15.2. The summed E-state index contributed by atoms with van der Waals surface area (Å²) in [4.78, 5) is 37.2. The third-order valence-corrected chi connectivity index (χ3v) is 10.9. The highest BCUT2D eigenvalue weighted by atomic mass is 16.6. The maximum atomic E-state index is 12.8. The van der Waals surface area contributed by atoms with E-state index in [-0.39, 0.29) is 42.7 Å². The van der Waals surface area contributed by atoms with Gasteiger partial charge in [-0.3, -0.25) is 9.59 Å². The van der Waals surface area contributed by atoms with Gasteiger partial charge in [0.25, 0.3) is 0 Å². The second-order valence-electron chi connectivity index (χ2n) is 18.1. The number of carboxylic acids is 1. The zero-order valence-corrected chi connectivity index (χ0v) is 42.6. The summed E-state index contributed by atoms with van der Waals surface area (Å²) in [7, 11) is 5.51. The van der Waals surface area contributed by atoms with Crippen molar-refractivity contribution >= 4 is 17.9 Å². The number of carboxylic acid groups (broad SMARTS) is 1. The third-order valence-electron chi connectivity index (χ3n) is 10.9. The minimum absolute atomic E-state index is 0.0348. The summed E-state index contributed by atoms with van der Waals surface area (Å²) in [6.45, 7) is 4.52. The van der Waals surface area contributed by atoms with Gasteiger partial charge in [0.2, 0.25) is 0 Å². The molecule has 0 aromatic rings. The molecule has 0 aromatic heterocycles. The van der Waals surface area contributed by atoms with Crippen LogP contribution in [0.25, 0.3) is 0 Å². The van der Waals surface area contributed by atoms with Gasteiger partial charge >= 0.3 is 17.9 Å². The lowest BCUT2D eigenvalue weighted by molar-refractivity contribution is -0.887. The molecule has 2 unspecified atom stereocenters. The first-order valence-electron chi connectivity index (χ1n) is 25.9. The highest BCUT2D eigenvalue weighted by Crippen LogP contribution is 2.14. The van der Waals surface area contributed by atoms with Gasteiger partial charge in [0.15, 0.2) is 12.1 Å². The Balaban J connectivity index is 4.38. The van der Waals surface area contributed by atoms with Gasteiger partial charge < -0.3 is 23.8 Å². The number of rotatable bonds is 45. The summed E-state index contributed by atoms with van der Waals surface area (Å²) >= 11 is 0. The van der Waals surface area contributed by atoms with Gasteiger partial charge in [0, 0.05) is 19.3 Å². The highest BCUT2D eigenvalue weighted by Gasteiger charge is 2.31. The molecule has 0 bridgehead atoms. The topological polar surface area (TPSA) is 99.1 Å². The number of esters is 2. The molecule has 2 atom stereocenters. The number of carbonyl (C=O) groups excluding carboxylic acids is 2. The molecule has 8 nitrogen and oxygen atoms in total. The van der Waals surface area contributed by atoms with Crippen LogP contribution in [0.15, 0.2) is 109 Å². The van der Waals surface area contributed by atoms with Crippen molar-refractivity contribution in [3.05, 3.63) is 109 Å². The summed E-state index contributed by atoms with van der Waals surface area (Å²) < 4.78 is 17.3. The minimum Gasteiger partial charge on any atom is -0.477 e. The van der Waals surface area contributed by atoms with Crippen LogP contribution in [0.4, 0.5) is 0 Å². The van der Waals surface area contributed by atoms with Gasteiger partial charge in [-0.25, -0.2) is 4.79 Å². The van der Waals surface area contributed by atoms with Crippen molar-refractivity contribution < 1.29 is 38.2 Å². The van der Waals surface area contributed by atoms with E-state index in [9.17, 15) is 19.5 Å². The fraction of sp³-hybridized carbons (Fsp3) is 0.638. The number of hydrogen-bond acceptors (Lipinski definition) is 6. The van der Waals surface area contributed by atoms with Crippen LogP contribution in [0.1, 0.15) is 187 Å². The van der Waals surface area contributed by atoms with Crippen molar-refractivity contribution in [3.8, 4) is 0 Å². The Morgan fingerprint density at radius 1 is 0.485 bits per heavy atom. The molecule has 0 heterocycles. The largest absolute Gasteiger partial charge is 0.477 e. The molecule has 0 rings (SSSR count). The molecule has 0 aliphatic heterocycles. The van der Waals surface area contributed by atoms with E-state index < -0.39 is 18.1 Å². The van der Waals surface area contributed by atoms with Crippen molar-refractivity contribution in [2.45, 2.75) is 199 Å². The molecule has 0 spiro atoms. The second-order valence-corrected chi connectivity index (χ2v) is 18.1. The highest BCUT2D eigenvalue weighted by molar-refractivity contribution is 5.72. The standard InChI is InChI=1S/C58H95NO7/c1-6-8-10-12-14-16-18-20-22-24-26-27-28-29-31-32-34-36-38-40-42-44-46-48-56(60)65-53-54(52-64-51-50-55(58(62)63)59(3,4)5)66-57(61)49-47-45-43-41-39-37-35-33-30-25-23-21-19-17-15-13-11-9-7-2/h8,10,14-17,19-22,26-27,29,31,34,36,40,42,54-55H,6-7,9,11-13,18,23-25,28,30,32-33,35,37-39,41,43-53H2,1-5H3/p+1/b10-8+,16-14+,17-15+,21-19+,22-20+,27-26+,31-29+,36-34+,42-40+. The SMILES string of the molecule is CC/C=C/C/C=C/C/C=C/C/C=C/C/C=C/C/C=C/C/C=C/CCCC(=O)OCC(COCCC(C(=O)O)[N+](C)(C)C)OC(=O)CCCCCCCCCCCC/C=C/C=C/CCCCC. The number of nitrogens with zero attached hydrogens (tertiary/aromatic N) is 1. The minimum atomic E-state index is -0.887. The normalized spacial score (nSPS) is 13.8. The molecular formula is C58H96NO7+. The second kappa shape index (κ2) is 47.5. The predicted molar refractivity (Wildman–Crippen MR) is 279 cm³/mol. The molecular weight excluding hydrogens is 823 g/mol. The first-order chi connectivity index (χ1) is 32.1. The Morgan fingerprint density at radius 2 is 0.909 bits per heavy atom. The number of allylic oxidation sites excluding steroid dienone is 18. The molecule has 374 valence electrons. The fourth-order valence-corrected chi connectivity index (χ4v) is 6.95. The first-order valence-corrected chi connectivity index (χ1v) is 25.9. The number of ether oxygens (including phenoxy) is 3. The van der Waals surface area contributed by atoms with Crippen LogP contribution in [0, 0.1) is 0 Å². The summed E-state index contributed by atoms with van der Waals surface area (Å²) in [6, 6.07) is -0.631. The van der Waals surface area contributed by atoms with E-state index in [1.165, 1.54) is 70.6 Å². The van der Waals surface area contributed by atoms with E-state index in [2.05, 4.69) is 123 Å². The van der Waals surface area contributed by atoms with Crippen LogP contribution in [-0.2, 0) is 28.6 Å². The number of hydrogen-bond donors (Lipinski definition) is 1. The van der Waals surface area contributed by atoms with Crippen LogP contribution in [0.5, 0.6) is 0 Å². The van der Waals surface area contributed by atoms with Crippen molar-refractivity contribution in [3.63, 3.8) is 0 Å². The Bertz CT molecular complexity index is 1440. The Kier molecular flexibility index (Phi) is 44.6. The summed E-state index contributed by atoms with van der Waals surface area (Å²) in [6.07, 6.45) is 65.7. The van der Waals surface area contributed by atoms with Crippen LogP contribution >= 0.6 is 0 Å². The van der Waals surface area contributed by atoms with Gasteiger partial charge in [-0.2, -0.15) is 0 Å². The molecule has 0 fully saturated rings. The van der Waals surface area contributed by atoms with E-state index in [4.69, 9.17) is 14.2 Å². The number of carbonyl (C=O) groups is 3. The van der Waals surface area contributed by atoms with Crippen LogP contribution in [-0.4, -0.2) is 80.6 Å². The molecule has 0 radical (unpaired) electrons. The van der Waals surface area contributed by atoms with Gasteiger partial charge in [-0.1, -0.05) is 187 Å². The average Bonchev–Trinajstić information content (AvgIpc) is 3.28. The maximum absolute atomic E-state index is 12.8. The van der Waals surface area contributed by atoms with Crippen LogP contribution < -0.4 is 0 Å². The zero-order valence-electron chi connectivity index (χ0n) is 42.6. The van der Waals surface area contributed by atoms with E-state index in [0.29, 0.717) is 19.3 Å². The Morgan fingerprint density at radius 3 is 1.38 bits per heavy atom. The molecule has 0 aliphatic rings. The van der Waals surface area contributed by atoms with E-state index in [1.54, 1.807) is 0 Å². The van der Waals surface area contributed by atoms with E-state index in [1.807, 2.05) is 21.1 Å². The van der Waals surface area contributed by atoms with Crippen molar-refractivity contribution in [1.29, 1.82) is 0 Å². The third kappa shape index (κ3) is 45.2. The molecule has 0 saturated heterocycles. The molecule has 0 aliphatic carbocycles. The molecule has 0 saturated carbocycles. The van der Waals surface area contributed by atoms with Crippen LogP contribution in [0.3, 0.4) is 0 Å². The quantitative estimate of drug-likeness (QED) is 0.0213. The number of quaternary nitrogens is 1. The Hall–Kier alpha value is -4.01. The lowest BCUT2D eigenvalue weighted by atomic mass is 10.1. The lowest BCUT2D eigenvalue weighted by Gasteiger charge is -2.31. The van der Waals surface area contributed by atoms with E-state index in [0.717, 1.165) is 77.0 Å². The van der Waals surface area contributed by atoms with E-state index >= 15 is 0 Å². The maximum Gasteiger partial charge on any atom is 0.362 e. The molecule has 66 heavy (non-hydrogen) atoms. The molecule has 0 aromatic carbocycles. The zero-order chi connectivity index (χ0) is 48.4. The van der Waals surface area contributed by atoms with Crippen LogP contribution in [0.2, 0.25) is 0 Å². The van der Waals surface area contributed by atoms with Gasteiger partial charge in [0.05, 0.1) is 34.4 Å². The summed E-state index contributed by atoms with van der Waals surface area (Å²) in [5.41, 5.74) is 0. The number of likely N-dealkylation sites (N-methyl/N-ethyl adjacent to an activating group) is 1. The lowest BCUT2D eigenvalue weighted by Crippen LogP contribution is -2.50. The molecule has 0 amide bonds. The fourth-order valence-electron chi connectivity index (χ4n) is 6.95.